The van der Waals surface area contributed by atoms with Crippen LogP contribution in [-0.2, 0) is 27.4 Å². The molecular formula is C23H35N3O5S. The molecule has 0 aromatic carbocycles. The molecule has 2 aromatic heterocycles. The highest BCUT2D eigenvalue weighted by atomic mass is 32.1. The van der Waals surface area contributed by atoms with E-state index in [-0.39, 0.29) is 35.2 Å². The Morgan fingerprint density at radius 1 is 1.25 bits per heavy atom. The SMILES string of the molecule is COCCn1c(=O)n(C2CC(C)(C)C2)c(=O)c2c(C)c(CNCC(=O)OC(C)(C)C)sc21. The Morgan fingerprint density at radius 3 is 2.47 bits per heavy atom. The molecule has 1 fully saturated rings. The normalized spacial score (nSPS) is 16.3. The number of hydrogen-bond donors (Lipinski definition) is 1. The van der Waals surface area contributed by atoms with E-state index in [0.29, 0.717) is 29.9 Å². The summed E-state index contributed by atoms with van der Waals surface area (Å²) >= 11 is 1.42. The van der Waals surface area contributed by atoms with Crippen molar-refractivity contribution < 1.29 is 14.3 Å². The summed E-state index contributed by atoms with van der Waals surface area (Å²) in [5, 5.41) is 3.70. The molecule has 0 unspecified atom stereocenters. The monoisotopic (exact) mass is 465 g/mol. The molecule has 0 atom stereocenters. The van der Waals surface area contributed by atoms with Gasteiger partial charge >= 0.3 is 11.7 Å². The average molecular weight is 466 g/mol. The predicted molar refractivity (Wildman–Crippen MR) is 127 cm³/mol. The first kappa shape index (κ1) is 24.7. The summed E-state index contributed by atoms with van der Waals surface area (Å²) in [4.78, 5) is 40.3. The highest BCUT2D eigenvalue weighted by molar-refractivity contribution is 7.18. The molecule has 2 heterocycles. The molecule has 0 saturated heterocycles. The molecule has 9 heteroatoms. The van der Waals surface area contributed by atoms with Crippen LogP contribution in [-0.4, -0.2) is 41.0 Å². The van der Waals surface area contributed by atoms with Crippen molar-refractivity contribution in [3.05, 3.63) is 31.3 Å². The van der Waals surface area contributed by atoms with Crippen molar-refractivity contribution >= 4 is 27.5 Å². The van der Waals surface area contributed by atoms with Gasteiger partial charge in [0.2, 0.25) is 0 Å². The van der Waals surface area contributed by atoms with Crippen LogP contribution >= 0.6 is 11.3 Å². The zero-order valence-electron chi connectivity index (χ0n) is 20.2. The van der Waals surface area contributed by atoms with Gasteiger partial charge in [-0.15, -0.1) is 11.3 Å². The predicted octanol–water partition coefficient (Wildman–Crippen LogP) is 2.97. The molecule has 0 spiro atoms. The van der Waals surface area contributed by atoms with Crippen LogP contribution in [0.1, 0.15) is 63.9 Å². The van der Waals surface area contributed by atoms with Gasteiger partial charge in [-0.1, -0.05) is 13.8 Å². The third kappa shape index (κ3) is 5.15. The van der Waals surface area contributed by atoms with E-state index in [1.54, 1.807) is 11.7 Å². The van der Waals surface area contributed by atoms with Gasteiger partial charge in [-0.3, -0.25) is 18.7 Å². The average Bonchev–Trinajstić information content (AvgIpc) is 2.95. The zero-order chi connectivity index (χ0) is 23.8. The number of aromatic nitrogens is 2. The van der Waals surface area contributed by atoms with Crippen molar-refractivity contribution in [2.24, 2.45) is 5.41 Å². The molecule has 32 heavy (non-hydrogen) atoms. The van der Waals surface area contributed by atoms with Gasteiger partial charge in [-0.05, 0) is 51.5 Å². The minimum absolute atomic E-state index is 0.0722. The number of hydrogen-bond acceptors (Lipinski definition) is 7. The minimum Gasteiger partial charge on any atom is -0.459 e. The van der Waals surface area contributed by atoms with Gasteiger partial charge in [0.25, 0.3) is 5.56 Å². The van der Waals surface area contributed by atoms with Crippen molar-refractivity contribution in [1.29, 1.82) is 0 Å². The zero-order valence-corrected chi connectivity index (χ0v) is 21.0. The highest BCUT2D eigenvalue weighted by Crippen LogP contribution is 2.46. The van der Waals surface area contributed by atoms with Crippen molar-refractivity contribution in [1.82, 2.24) is 14.5 Å². The number of fused-ring (bicyclic) bond motifs is 1. The molecule has 178 valence electrons. The summed E-state index contributed by atoms with van der Waals surface area (Å²) in [7, 11) is 1.60. The van der Waals surface area contributed by atoms with Crippen molar-refractivity contribution in [2.75, 3.05) is 20.3 Å². The Bertz CT molecular complexity index is 1110. The van der Waals surface area contributed by atoms with E-state index in [1.807, 2.05) is 27.7 Å². The van der Waals surface area contributed by atoms with E-state index in [9.17, 15) is 14.4 Å². The lowest BCUT2D eigenvalue weighted by atomic mass is 9.68. The number of carbonyl (C=O) groups excluding carboxylic acids is 1. The van der Waals surface area contributed by atoms with Crippen molar-refractivity contribution in [3.8, 4) is 0 Å². The number of nitrogens with one attached hydrogen (secondary N) is 1. The molecule has 1 aliphatic rings. The van der Waals surface area contributed by atoms with Gasteiger partial charge in [0, 0.05) is 24.6 Å². The fourth-order valence-corrected chi connectivity index (χ4v) is 5.62. The molecule has 0 bridgehead atoms. The second-order valence-electron chi connectivity index (χ2n) is 10.3. The summed E-state index contributed by atoms with van der Waals surface area (Å²) in [5.74, 6) is -0.330. The number of aryl methyl sites for hydroxylation is 1. The Balaban J connectivity index is 1.95. The van der Waals surface area contributed by atoms with Crippen LogP contribution in [0.5, 0.6) is 0 Å². The van der Waals surface area contributed by atoms with Gasteiger partial charge in [0.15, 0.2) is 0 Å². The van der Waals surface area contributed by atoms with Crippen LogP contribution in [0.15, 0.2) is 9.59 Å². The number of nitrogens with zero attached hydrogens (tertiary/aromatic N) is 2. The van der Waals surface area contributed by atoms with Crippen molar-refractivity contribution in [3.63, 3.8) is 0 Å². The lowest BCUT2D eigenvalue weighted by Gasteiger charge is -2.43. The van der Waals surface area contributed by atoms with E-state index in [0.717, 1.165) is 23.3 Å². The molecular weight excluding hydrogens is 430 g/mol. The van der Waals surface area contributed by atoms with E-state index in [1.165, 1.54) is 15.9 Å². The van der Waals surface area contributed by atoms with E-state index < -0.39 is 5.60 Å². The van der Waals surface area contributed by atoms with Gasteiger partial charge in [0.1, 0.15) is 10.4 Å². The largest absolute Gasteiger partial charge is 0.459 e. The number of methoxy groups -OCH3 is 1. The first-order valence-electron chi connectivity index (χ1n) is 11.0. The number of thiophene rings is 1. The third-order valence-electron chi connectivity index (χ3n) is 5.78. The van der Waals surface area contributed by atoms with Crippen LogP contribution < -0.4 is 16.6 Å². The van der Waals surface area contributed by atoms with Crippen LogP contribution in [0.2, 0.25) is 0 Å². The lowest BCUT2D eigenvalue weighted by Crippen LogP contribution is -2.48. The molecule has 8 nitrogen and oxygen atoms in total. The first-order valence-corrected chi connectivity index (χ1v) is 11.8. The second kappa shape index (κ2) is 9.11. The van der Waals surface area contributed by atoms with Crippen LogP contribution in [0.25, 0.3) is 10.2 Å². The van der Waals surface area contributed by atoms with Gasteiger partial charge in [-0.2, -0.15) is 0 Å². The quantitative estimate of drug-likeness (QED) is 0.603. The van der Waals surface area contributed by atoms with Crippen LogP contribution in [0, 0.1) is 12.3 Å². The molecule has 1 saturated carbocycles. The molecule has 0 radical (unpaired) electrons. The van der Waals surface area contributed by atoms with Crippen molar-refractivity contribution in [2.45, 2.75) is 79.1 Å². The number of esters is 1. The van der Waals surface area contributed by atoms with Gasteiger partial charge < -0.3 is 14.8 Å². The fraction of sp³-hybridized carbons (Fsp3) is 0.696. The Kier molecular flexibility index (Phi) is 7.02. The standard InChI is InChI=1S/C23H35N3O5S/c1-14-16(12-24-13-17(27)31-22(2,3)4)32-20-18(14)19(28)26(15-10-23(5,6)11-15)21(29)25(20)8-9-30-7/h15,24H,8-13H2,1-7H3. The number of ether oxygens (including phenoxy) is 2. The molecule has 0 aliphatic heterocycles. The maximum atomic E-state index is 13.4. The Morgan fingerprint density at radius 2 is 1.91 bits per heavy atom. The highest BCUT2D eigenvalue weighted by Gasteiger charge is 2.39. The van der Waals surface area contributed by atoms with Crippen LogP contribution in [0.4, 0.5) is 0 Å². The summed E-state index contributed by atoms with van der Waals surface area (Å²) in [6, 6.07) is -0.0729. The summed E-state index contributed by atoms with van der Waals surface area (Å²) < 4.78 is 13.7. The van der Waals surface area contributed by atoms with Gasteiger partial charge in [0.05, 0.1) is 25.1 Å². The lowest BCUT2D eigenvalue weighted by molar-refractivity contribution is -0.153. The molecule has 1 N–H and O–H groups in total. The summed E-state index contributed by atoms with van der Waals surface area (Å²) in [6.45, 7) is 12.9. The van der Waals surface area contributed by atoms with Crippen LogP contribution in [0.3, 0.4) is 0 Å². The molecule has 1 aliphatic carbocycles. The number of carbonyl (C=O) groups is 1. The van der Waals surface area contributed by atoms with E-state index in [2.05, 4.69) is 19.2 Å². The Labute approximate surface area is 192 Å². The maximum absolute atomic E-state index is 13.4. The second-order valence-corrected chi connectivity index (χ2v) is 11.4. The summed E-state index contributed by atoms with van der Waals surface area (Å²) in [6.07, 6.45) is 1.62. The maximum Gasteiger partial charge on any atom is 0.332 e. The minimum atomic E-state index is -0.537. The van der Waals surface area contributed by atoms with E-state index in [4.69, 9.17) is 9.47 Å². The third-order valence-corrected chi connectivity index (χ3v) is 7.09. The number of rotatable bonds is 8. The van der Waals surface area contributed by atoms with Gasteiger partial charge in [-0.25, -0.2) is 4.79 Å². The Hall–Kier alpha value is -1.97. The first-order chi connectivity index (χ1) is 14.8. The molecule has 3 rings (SSSR count). The summed E-state index contributed by atoms with van der Waals surface area (Å²) in [5.41, 5.74) is -0.0279. The molecule has 2 aromatic rings. The molecule has 0 amide bonds. The fourth-order valence-electron chi connectivity index (χ4n) is 4.33. The van der Waals surface area contributed by atoms with E-state index >= 15 is 0 Å². The smallest absolute Gasteiger partial charge is 0.332 e. The topological polar surface area (TPSA) is 91.6 Å².